The molecule has 33 heavy (non-hydrogen) atoms. The third kappa shape index (κ3) is 4.85. The number of halogens is 6. The zero-order valence-electron chi connectivity index (χ0n) is 16.5. The summed E-state index contributed by atoms with van der Waals surface area (Å²) in [6.07, 6.45) is -4.64. The fourth-order valence-electron chi connectivity index (χ4n) is 3.13. The molecule has 1 heterocycles. The van der Waals surface area contributed by atoms with Gasteiger partial charge in [0.15, 0.2) is 5.69 Å². The number of anilines is 1. The summed E-state index contributed by atoms with van der Waals surface area (Å²) in [5, 5.41) is 7.14. The Kier molecular flexibility index (Phi) is 6.38. The summed E-state index contributed by atoms with van der Waals surface area (Å²) in [5.41, 5.74) is 0.324. The highest BCUT2D eigenvalue weighted by Gasteiger charge is 2.35. The standard InChI is InChI=1S/C23H13Cl3F3N3O/c24-15-4-1-2-7-18(15)32-19(12-20(31-32)23(27,28)29)13-8-10-14(11-9-13)22(33)30-21-16(25)5-3-6-17(21)26/h1-12H,(H,30,33). The van der Waals surface area contributed by atoms with E-state index in [9.17, 15) is 18.0 Å². The zero-order chi connectivity index (χ0) is 23.8. The molecule has 4 rings (SSSR count). The number of carbonyl (C=O) groups is 1. The van der Waals surface area contributed by atoms with Crippen LogP contribution in [-0.4, -0.2) is 15.7 Å². The Morgan fingerprint density at radius 3 is 2.06 bits per heavy atom. The van der Waals surface area contributed by atoms with E-state index in [-0.39, 0.29) is 32.0 Å². The number of aromatic nitrogens is 2. The van der Waals surface area contributed by atoms with Crippen LogP contribution in [0, 0.1) is 0 Å². The molecule has 0 spiro atoms. The number of nitrogens with one attached hydrogen (secondary N) is 1. The maximum Gasteiger partial charge on any atom is 0.435 e. The number of hydrogen-bond donors (Lipinski definition) is 1. The van der Waals surface area contributed by atoms with Gasteiger partial charge < -0.3 is 5.32 Å². The number of alkyl halides is 3. The molecule has 1 amide bonds. The number of carbonyl (C=O) groups excluding carboxylic acids is 1. The first-order chi connectivity index (χ1) is 15.6. The van der Waals surface area contributed by atoms with Crippen LogP contribution in [0.5, 0.6) is 0 Å². The lowest BCUT2D eigenvalue weighted by Gasteiger charge is -2.11. The van der Waals surface area contributed by atoms with Crippen LogP contribution in [0.1, 0.15) is 16.1 Å². The van der Waals surface area contributed by atoms with Crippen molar-refractivity contribution in [1.82, 2.24) is 9.78 Å². The van der Waals surface area contributed by atoms with E-state index in [0.29, 0.717) is 11.3 Å². The Morgan fingerprint density at radius 1 is 0.848 bits per heavy atom. The Morgan fingerprint density at radius 2 is 1.45 bits per heavy atom. The van der Waals surface area contributed by atoms with Crippen LogP contribution in [0.25, 0.3) is 16.9 Å². The maximum absolute atomic E-state index is 13.4. The van der Waals surface area contributed by atoms with E-state index in [4.69, 9.17) is 34.8 Å². The zero-order valence-corrected chi connectivity index (χ0v) is 18.8. The van der Waals surface area contributed by atoms with Gasteiger partial charge in [-0.25, -0.2) is 4.68 Å². The van der Waals surface area contributed by atoms with E-state index >= 15 is 0 Å². The molecule has 0 bridgehead atoms. The maximum atomic E-state index is 13.4. The average Bonchev–Trinajstić information content (AvgIpc) is 3.22. The quantitative estimate of drug-likeness (QED) is 0.305. The third-order valence-corrected chi connectivity index (χ3v) is 5.67. The van der Waals surface area contributed by atoms with E-state index in [1.165, 1.54) is 24.3 Å². The van der Waals surface area contributed by atoms with Gasteiger partial charge in [0.05, 0.1) is 32.1 Å². The molecule has 0 radical (unpaired) electrons. The SMILES string of the molecule is O=C(Nc1c(Cl)cccc1Cl)c1ccc(-c2cc(C(F)(F)F)nn2-c2ccccc2Cl)cc1. The second-order valence-electron chi connectivity index (χ2n) is 6.90. The number of para-hydroxylation sites is 2. The fourth-order valence-corrected chi connectivity index (χ4v) is 3.84. The molecular weight excluding hydrogens is 498 g/mol. The Labute approximate surface area is 201 Å². The number of amides is 1. The Balaban J connectivity index is 1.70. The van der Waals surface area contributed by atoms with Crippen LogP contribution in [-0.2, 0) is 6.18 Å². The van der Waals surface area contributed by atoms with Crippen molar-refractivity contribution in [2.24, 2.45) is 0 Å². The van der Waals surface area contributed by atoms with Crippen LogP contribution < -0.4 is 5.32 Å². The van der Waals surface area contributed by atoms with E-state index < -0.39 is 17.8 Å². The van der Waals surface area contributed by atoms with E-state index in [2.05, 4.69) is 10.4 Å². The average molecular weight is 511 g/mol. The summed E-state index contributed by atoms with van der Waals surface area (Å²) in [6.45, 7) is 0. The molecule has 168 valence electrons. The molecule has 0 aliphatic rings. The van der Waals surface area contributed by atoms with Gasteiger partial charge in [-0.1, -0.05) is 65.1 Å². The normalized spacial score (nSPS) is 11.5. The van der Waals surface area contributed by atoms with E-state index in [1.54, 1.807) is 42.5 Å². The number of nitrogens with zero attached hydrogens (tertiary/aromatic N) is 2. The van der Waals surface area contributed by atoms with Gasteiger partial charge in [-0.15, -0.1) is 0 Å². The van der Waals surface area contributed by atoms with Gasteiger partial charge in [0.2, 0.25) is 0 Å². The summed E-state index contributed by atoms with van der Waals surface area (Å²) < 4.78 is 41.2. The van der Waals surface area contributed by atoms with Crippen molar-refractivity contribution in [3.8, 4) is 16.9 Å². The van der Waals surface area contributed by atoms with Crippen molar-refractivity contribution in [2.45, 2.75) is 6.18 Å². The van der Waals surface area contributed by atoms with Crippen molar-refractivity contribution in [1.29, 1.82) is 0 Å². The minimum Gasteiger partial charge on any atom is -0.319 e. The molecule has 1 aromatic heterocycles. The van der Waals surface area contributed by atoms with Crippen molar-refractivity contribution < 1.29 is 18.0 Å². The van der Waals surface area contributed by atoms with Crippen LogP contribution in [0.4, 0.5) is 18.9 Å². The molecule has 0 aliphatic carbocycles. The second-order valence-corrected chi connectivity index (χ2v) is 8.13. The van der Waals surface area contributed by atoms with E-state index in [0.717, 1.165) is 10.7 Å². The first-order valence-corrected chi connectivity index (χ1v) is 10.6. The smallest absolute Gasteiger partial charge is 0.319 e. The predicted octanol–water partition coefficient (Wildman–Crippen LogP) is 7.77. The number of rotatable bonds is 4. The summed E-state index contributed by atoms with van der Waals surface area (Å²) in [6, 6.07) is 18.2. The number of benzene rings is 3. The molecule has 0 fully saturated rings. The molecule has 1 N–H and O–H groups in total. The minimum absolute atomic E-state index is 0.163. The molecule has 3 aromatic carbocycles. The van der Waals surface area contributed by atoms with Crippen LogP contribution in [0.3, 0.4) is 0 Å². The lowest BCUT2D eigenvalue weighted by atomic mass is 10.1. The highest BCUT2D eigenvalue weighted by molar-refractivity contribution is 6.40. The van der Waals surface area contributed by atoms with Gasteiger partial charge in [-0.2, -0.15) is 18.3 Å². The van der Waals surface area contributed by atoms with Crippen molar-refractivity contribution in [3.05, 3.63) is 99.1 Å². The second kappa shape index (κ2) is 9.09. The van der Waals surface area contributed by atoms with Gasteiger partial charge in [-0.05, 0) is 42.5 Å². The largest absolute Gasteiger partial charge is 0.435 e. The molecule has 4 aromatic rings. The Bertz CT molecular complexity index is 1310. The first kappa shape index (κ1) is 23.2. The summed E-state index contributed by atoms with van der Waals surface area (Å²) in [7, 11) is 0. The lowest BCUT2D eigenvalue weighted by molar-refractivity contribution is -0.141. The summed E-state index contributed by atoms with van der Waals surface area (Å²) >= 11 is 18.4. The van der Waals surface area contributed by atoms with Gasteiger partial charge in [0.1, 0.15) is 0 Å². The van der Waals surface area contributed by atoms with Gasteiger partial charge in [-0.3, -0.25) is 4.79 Å². The van der Waals surface area contributed by atoms with Gasteiger partial charge in [0, 0.05) is 11.1 Å². The molecule has 0 aliphatic heterocycles. The van der Waals surface area contributed by atoms with Crippen molar-refractivity contribution in [3.63, 3.8) is 0 Å². The molecule has 0 saturated heterocycles. The number of hydrogen-bond acceptors (Lipinski definition) is 2. The first-order valence-electron chi connectivity index (χ1n) is 9.43. The highest BCUT2D eigenvalue weighted by atomic mass is 35.5. The minimum atomic E-state index is -4.64. The molecule has 0 atom stereocenters. The molecule has 10 heteroatoms. The Hall–Kier alpha value is -3.00. The lowest BCUT2D eigenvalue weighted by Crippen LogP contribution is -2.12. The van der Waals surface area contributed by atoms with Crippen LogP contribution in [0.15, 0.2) is 72.8 Å². The molecule has 0 saturated carbocycles. The summed E-state index contributed by atoms with van der Waals surface area (Å²) in [4.78, 5) is 12.6. The van der Waals surface area contributed by atoms with Gasteiger partial charge in [0.25, 0.3) is 5.91 Å². The van der Waals surface area contributed by atoms with Crippen molar-refractivity contribution >= 4 is 46.4 Å². The monoisotopic (exact) mass is 509 g/mol. The van der Waals surface area contributed by atoms with Crippen LogP contribution in [0.2, 0.25) is 15.1 Å². The predicted molar refractivity (Wildman–Crippen MR) is 123 cm³/mol. The molecule has 4 nitrogen and oxygen atoms in total. The van der Waals surface area contributed by atoms with Gasteiger partial charge >= 0.3 is 6.18 Å². The molecule has 0 unspecified atom stereocenters. The van der Waals surface area contributed by atoms with Crippen molar-refractivity contribution in [2.75, 3.05) is 5.32 Å². The fraction of sp³-hybridized carbons (Fsp3) is 0.0435. The highest BCUT2D eigenvalue weighted by Crippen LogP contribution is 2.35. The topological polar surface area (TPSA) is 46.9 Å². The van der Waals surface area contributed by atoms with Crippen LogP contribution >= 0.6 is 34.8 Å². The summed E-state index contributed by atoms with van der Waals surface area (Å²) in [5.74, 6) is -0.479. The third-order valence-electron chi connectivity index (χ3n) is 4.72. The van der Waals surface area contributed by atoms with E-state index in [1.807, 2.05) is 0 Å². The molecular formula is C23H13Cl3F3N3O.